The predicted molar refractivity (Wildman–Crippen MR) is 96.2 cm³/mol. The van der Waals surface area contributed by atoms with E-state index in [9.17, 15) is 35.5 Å². The Morgan fingerprint density at radius 3 is 2.13 bits per heavy atom. The normalized spacial score (nSPS) is 18.7. The van der Waals surface area contributed by atoms with E-state index in [0.717, 1.165) is 44.2 Å². The molecule has 30 heavy (non-hydrogen) atoms. The van der Waals surface area contributed by atoms with Gasteiger partial charge in [0.05, 0.1) is 0 Å². The number of unbranched alkanes of at least 4 members (excludes halogenated alkanes) is 3. The maximum Gasteiger partial charge on any atom is 0.424 e. The Hall–Kier alpha value is -2.33. The molecule has 0 bridgehead atoms. The van der Waals surface area contributed by atoms with Crippen molar-refractivity contribution in [1.82, 2.24) is 10.2 Å². The van der Waals surface area contributed by atoms with Gasteiger partial charge >= 0.3 is 12.4 Å². The van der Waals surface area contributed by atoms with Crippen LogP contribution < -0.4 is 5.32 Å². The van der Waals surface area contributed by atoms with E-state index in [-0.39, 0.29) is 12.0 Å². The third-order valence-electron chi connectivity index (χ3n) is 4.97. The van der Waals surface area contributed by atoms with Crippen LogP contribution in [0.1, 0.15) is 44.6 Å². The third kappa shape index (κ3) is 4.54. The molecule has 1 unspecified atom stereocenters. The van der Waals surface area contributed by atoms with Crippen molar-refractivity contribution >= 4 is 11.7 Å². The molecule has 1 aliphatic heterocycles. The van der Waals surface area contributed by atoms with E-state index in [1.165, 1.54) is 5.32 Å². The molecule has 1 atom stereocenters. The number of amidine groups is 1. The standard InChI is InChI=1S/C19H22F7N3O/c1-3-4-5-6-7-14(30)29(2)16-17(18(21,22)23,19(24,25)26)28-15(27-16)12-8-10-13(20)11-9-12/h8-11,16H,3-7H2,1-2H3,(H,27,28). The highest BCUT2D eigenvalue weighted by Gasteiger charge is 2.78. The largest absolute Gasteiger partial charge is 0.424 e. The third-order valence-corrected chi connectivity index (χ3v) is 4.97. The summed E-state index contributed by atoms with van der Waals surface area (Å²) in [6.07, 6.45) is -11.8. The molecule has 1 N–H and O–H groups in total. The number of carbonyl (C=O) groups is 1. The molecule has 4 nitrogen and oxygen atoms in total. The molecule has 0 aromatic heterocycles. The zero-order valence-electron chi connectivity index (χ0n) is 16.4. The van der Waals surface area contributed by atoms with Gasteiger partial charge in [0.25, 0.3) is 5.54 Å². The molecular formula is C19H22F7N3O. The quantitative estimate of drug-likeness (QED) is 0.488. The molecule has 1 heterocycles. The number of benzene rings is 1. The Morgan fingerprint density at radius 1 is 1.07 bits per heavy atom. The van der Waals surface area contributed by atoms with Crippen molar-refractivity contribution < 1.29 is 35.5 Å². The first-order valence-electron chi connectivity index (χ1n) is 9.36. The average molecular weight is 441 g/mol. The monoisotopic (exact) mass is 441 g/mol. The summed E-state index contributed by atoms with van der Waals surface area (Å²) in [5.74, 6) is -2.31. The Bertz CT molecular complexity index is 758. The van der Waals surface area contributed by atoms with Gasteiger partial charge in [-0.25, -0.2) is 9.38 Å². The zero-order valence-corrected chi connectivity index (χ0v) is 16.4. The lowest BCUT2D eigenvalue weighted by molar-refractivity contribution is -0.312. The van der Waals surface area contributed by atoms with Crippen LogP contribution in [0.3, 0.4) is 0 Å². The van der Waals surface area contributed by atoms with Crippen molar-refractivity contribution in [3.05, 3.63) is 35.6 Å². The predicted octanol–water partition coefficient (Wildman–Crippen LogP) is 4.79. The Morgan fingerprint density at radius 2 is 1.63 bits per heavy atom. The Labute approximate surface area is 169 Å². The molecule has 1 aromatic rings. The number of halogens is 7. The molecule has 1 aliphatic rings. The molecule has 0 saturated carbocycles. The van der Waals surface area contributed by atoms with Gasteiger partial charge < -0.3 is 10.2 Å². The number of hydrogen-bond acceptors (Lipinski definition) is 3. The fourth-order valence-corrected chi connectivity index (χ4v) is 3.25. The van der Waals surface area contributed by atoms with E-state index >= 15 is 0 Å². The minimum atomic E-state index is -5.82. The summed E-state index contributed by atoms with van der Waals surface area (Å²) in [6.45, 7) is 1.92. The molecular weight excluding hydrogens is 419 g/mol. The van der Waals surface area contributed by atoms with Gasteiger partial charge in [-0.15, -0.1) is 0 Å². The van der Waals surface area contributed by atoms with E-state index in [4.69, 9.17) is 0 Å². The first-order valence-corrected chi connectivity index (χ1v) is 9.36. The van der Waals surface area contributed by atoms with Gasteiger partial charge in [-0.1, -0.05) is 26.2 Å². The maximum atomic E-state index is 13.8. The van der Waals surface area contributed by atoms with Gasteiger partial charge in [-0.05, 0) is 30.7 Å². The van der Waals surface area contributed by atoms with Crippen molar-refractivity contribution in [1.29, 1.82) is 0 Å². The van der Waals surface area contributed by atoms with Gasteiger partial charge in [0.1, 0.15) is 11.7 Å². The second kappa shape index (κ2) is 8.81. The molecule has 0 radical (unpaired) electrons. The van der Waals surface area contributed by atoms with Gasteiger partial charge in [-0.3, -0.25) is 4.79 Å². The van der Waals surface area contributed by atoms with E-state index < -0.39 is 41.6 Å². The van der Waals surface area contributed by atoms with Crippen molar-refractivity contribution in [3.8, 4) is 0 Å². The molecule has 11 heteroatoms. The number of amides is 1. The summed E-state index contributed by atoms with van der Waals surface area (Å²) in [5.41, 5.74) is -4.65. The lowest BCUT2D eigenvalue weighted by Crippen LogP contribution is -2.73. The fraction of sp³-hybridized carbons (Fsp3) is 0.579. The molecule has 1 amide bonds. The van der Waals surface area contributed by atoms with Crippen LogP contribution in [0.5, 0.6) is 0 Å². The highest BCUT2D eigenvalue weighted by Crippen LogP contribution is 2.49. The highest BCUT2D eigenvalue weighted by molar-refractivity contribution is 6.01. The molecule has 2 rings (SSSR count). The van der Waals surface area contributed by atoms with E-state index in [2.05, 4.69) is 4.99 Å². The number of carbonyl (C=O) groups excluding carboxylic acids is 1. The first kappa shape index (κ1) is 23.9. The van der Waals surface area contributed by atoms with E-state index in [1.807, 2.05) is 6.92 Å². The topological polar surface area (TPSA) is 44.7 Å². The van der Waals surface area contributed by atoms with Crippen molar-refractivity contribution in [2.24, 2.45) is 4.99 Å². The number of nitrogens with one attached hydrogen (secondary N) is 1. The highest BCUT2D eigenvalue weighted by atomic mass is 19.4. The Kier molecular flexibility index (Phi) is 7.03. The van der Waals surface area contributed by atoms with E-state index in [0.29, 0.717) is 17.7 Å². The smallest absolute Gasteiger partial charge is 0.345 e. The van der Waals surface area contributed by atoms with Crippen LogP contribution in [-0.4, -0.2) is 47.7 Å². The molecule has 1 aromatic carbocycles. The maximum absolute atomic E-state index is 13.8. The van der Waals surface area contributed by atoms with Crippen LogP contribution in [-0.2, 0) is 4.79 Å². The van der Waals surface area contributed by atoms with Crippen molar-refractivity contribution in [2.45, 2.75) is 63.1 Å². The molecule has 0 saturated heterocycles. The van der Waals surface area contributed by atoms with Crippen LogP contribution in [0.4, 0.5) is 30.7 Å². The number of likely N-dealkylation sites (N-methyl/N-ethyl adjacent to an activating group) is 1. The number of hydrogen-bond donors (Lipinski definition) is 1. The number of nitrogens with zero attached hydrogens (tertiary/aromatic N) is 2. The Balaban J connectivity index is 2.45. The SMILES string of the molecule is CCCCCCC(=O)N(C)C1N=C(c2ccc(F)cc2)NC1(C(F)(F)F)C(F)(F)F. The van der Waals surface area contributed by atoms with Gasteiger partial charge in [0.2, 0.25) is 5.91 Å². The summed E-state index contributed by atoms with van der Waals surface area (Å²) in [6, 6.07) is 3.79. The van der Waals surface area contributed by atoms with Gasteiger partial charge in [0, 0.05) is 19.0 Å². The van der Waals surface area contributed by atoms with Crippen molar-refractivity contribution in [2.75, 3.05) is 7.05 Å². The van der Waals surface area contributed by atoms with Crippen LogP contribution in [0, 0.1) is 5.82 Å². The molecule has 0 fully saturated rings. The minimum absolute atomic E-state index is 0.166. The van der Waals surface area contributed by atoms with Crippen molar-refractivity contribution in [3.63, 3.8) is 0 Å². The number of aliphatic imine (C=N–C) groups is 1. The second-order valence-electron chi connectivity index (χ2n) is 7.10. The summed E-state index contributed by atoms with van der Waals surface area (Å²) >= 11 is 0. The summed E-state index contributed by atoms with van der Waals surface area (Å²) < 4.78 is 96.1. The van der Waals surface area contributed by atoms with Crippen LogP contribution in [0.25, 0.3) is 0 Å². The van der Waals surface area contributed by atoms with Crippen LogP contribution in [0.2, 0.25) is 0 Å². The average Bonchev–Trinajstić information content (AvgIpc) is 3.07. The zero-order chi connectivity index (χ0) is 22.7. The van der Waals surface area contributed by atoms with Crippen LogP contribution in [0.15, 0.2) is 29.3 Å². The van der Waals surface area contributed by atoms with Gasteiger partial charge in [0.15, 0.2) is 6.17 Å². The van der Waals surface area contributed by atoms with Gasteiger partial charge in [-0.2, -0.15) is 26.3 Å². The lowest BCUT2D eigenvalue weighted by Gasteiger charge is -2.41. The molecule has 168 valence electrons. The van der Waals surface area contributed by atoms with E-state index in [1.54, 1.807) is 0 Å². The lowest BCUT2D eigenvalue weighted by atomic mass is 9.93. The fourth-order valence-electron chi connectivity index (χ4n) is 3.25. The minimum Gasteiger partial charge on any atom is -0.345 e. The number of rotatable bonds is 7. The first-order chi connectivity index (χ1) is 13.8. The molecule has 0 spiro atoms. The second-order valence-corrected chi connectivity index (χ2v) is 7.10. The summed E-state index contributed by atoms with van der Waals surface area (Å²) in [7, 11) is 0.873. The molecule has 0 aliphatic carbocycles. The number of alkyl halides is 6. The summed E-state index contributed by atoms with van der Waals surface area (Å²) in [5, 5.41) is 1.47. The summed E-state index contributed by atoms with van der Waals surface area (Å²) in [4.78, 5) is 16.3. The van der Waals surface area contributed by atoms with Crippen LogP contribution >= 0.6 is 0 Å².